The smallest absolute Gasteiger partial charge is 0.341 e. The SMILES string of the molecule is CCOC(=O)c1cnc(N2CCO[C@H](CNS(=O)(=O)c3ccc(-c4ccccc4)cc3)C2)nc1. The second kappa shape index (κ2) is 10.7. The molecule has 178 valence electrons. The van der Waals surface area contributed by atoms with E-state index in [0.29, 0.717) is 25.6 Å². The maximum Gasteiger partial charge on any atom is 0.341 e. The molecule has 3 aromatic rings. The fraction of sp³-hybridized carbons (Fsp3) is 0.292. The van der Waals surface area contributed by atoms with E-state index in [-0.39, 0.29) is 29.7 Å². The number of hydrogen-bond acceptors (Lipinski definition) is 8. The van der Waals surface area contributed by atoms with E-state index in [4.69, 9.17) is 9.47 Å². The first-order valence-electron chi connectivity index (χ1n) is 11.0. The number of hydrogen-bond donors (Lipinski definition) is 1. The van der Waals surface area contributed by atoms with Gasteiger partial charge in [-0.15, -0.1) is 0 Å². The van der Waals surface area contributed by atoms with Gasteiger partial charge in [0.2, 0.25) is 16.0 Å². The van der Waals surface area contributed by atoms with Crippen LogP contribution in [0, 0.1) is 0 Å². The Morgan fingerprint density at radius 1 is 1.09 bits per heavy atom. The minimum absolute atomic E-state index is 0.111. The molecule has 0 aliphatic carbocycles. The normalized spacial score (nSPS) is 16.3. The fourth-order valence-electron chi connectivity index (χ4n) is 3.57. The highest BCUT2D eigenvalue weighted by molar-refractivity contribution is 7.89. The molecule has 0 saturated carbocycles. The molecule has 34 heavy (non-hydrogen) atoms. The molecule has 1 fully saturated rings. The minimum atomic E-state index is -3.69. The molecule has 4 rings (SSSR count). The summed E-state index contributed by atoms with van der Waals surface area (Å²) in [5.41, 5.74) is 2.24. The monoisotopic (exact) mass is 482 g/mol. The number of rotatable bonds is 8. The molecule has 1 aliphatic rings. The fourth-order valence-corrected chi connectivity index (χ4v) is 4.64. The highest BCUT2D eigenvalue weighted by Crippen LogP contribution is 2.21. The van der Waals surface area contributed by atoms with Gasteiger partial charge in [0.1, 0.15) is 0 Å². The van der Waals surface area contributed by atoms with Gasteiger partial charge >= 0.3 is 5.97 Å². The quantitative estimate of drug-likeness (QED) is 0.488. The van der Waals surface area contributed by atoms with Crippen LogP contribution in [0.2, 0.25) is 0 Å². The molecule has 0 bridgehead atoms. The molecular formula is C24H26N4O5S. The summed E-state index contributed by atoms with van der Waals surface area (Å²) in [5, 5.41) is 0. The largest absolute Gasteiger partial charge is 0.462 e. The highest BCUT2D eigenvalue weighted by Gasteiger charge is 2.25. The topological polar surface area (TPSA) is 111 Å². The molecule has 10 heteroatoms. The van der Waals surface area contributed by atoms with Gasteiger partial charge in [-0.05, 0) is 30.2 Å². The second-order valence-electron chi connectivity index (χ2n) is 7.67. The number of anilines is 1. The zero-order chi connectivity index (χ0) is 24.0. The van der Waals surface area contributed by atoms with Crippen LogP contribution in [0.3, 0.4) is 0 Å². The number of carbonyl (C=O) groups is 1. The summed E-state index contributed by atoms with van der Waals surface area (Å²) in [6.07, 6.45) is 2.47. The van der Waals surface area contributed by atoms with E-state index >= 15 is 0 Å². The van der Waals surface area contributed by atoms with E-state index in [1.165, 1.54) is 12.4 Å². The van der Waals surface area contributed by atoms with Crippen LogP contribution < -0.4 is 9.62 Å². The van der Waals surface area contributed by atoms with E-state index in [9.17, 15) is 13.2 Å². The first-order valence-corrected chi connectivity index (χ1v) is 12.5. The van der Waals surface area contributed by atoms with Crippen molar-refractivity contribution >= 4 is 21.9 Å². The van der Waals surface area contributed by atoms with E-state index in [0.717, 1.165) is 11.1 Å². The molecule has 1 saturated heterocycles. The molecule has 1 aromatic heterocycles. The van der Waals surface area contributed by atoms with E-state index in [1.54, 1.807) is 31.2 Å². The van der Waals surface area contributed by atoms with Crippen LogP contribution in [0.25, 0.3) is 11.1 Å². The molecule has 0 spiro atoms. The summed E-state index contributed by atoms with van der Waals surface area (Å²) in [5.74, 6) is -0.0270. The van der Waals surface area contributed by atoms with Gasteiger partial charge < -0.3 is 14.4 Å². The number of carbonyl (C=O) groups excluding carboxylic acids is 1. The third-order valence-corrected chi connectivity index (χ3v) is 6.78. The Morgan fingerprint density at radius 3 is 2.44 bits per heavy atom. The van der Waals surface area contributed by atoms with Crippen molar-refractivity contribution < 1.29 is 22.7 Å². The Kier molecular flexibility index (Phi) is 7.51. The molecule has 0 unspecified atom stereocenters. The summed E-state index contributed by atoms with van der Waals surface area (Å²) < 4.78 is 38.9. The van der Waals surface area contributed by atoms with Crippen molar-refractivity contribution in [1.82, 2.24) is 14.7 Å². The number of nitrogens with one attached hydrogen (secondary N) is 1. The molecule has 0 radical (unpaired) electrons. The van der Waals surface area contributed by atoms with Crippen LogP contribution in [0.1, 0.15) is 17.3 Å². The third-order valence-electron chi connectivity index (χ3n) is 5.34. The summed E-state index contributed by atoms with van der Waals surface area (Å²) in [4.78, 5) is 22.4. The Balaban J connectivity index is 1.35. The third kappa shape index (κ3) is 5.77. The lowest BCUT2D eigenvalue weighted by Gasteiger charge is -2.33. The molecule has 1 N–H and O–H groups in total. The minimum Gasteiger partial charge on any atom is -0.462 e. The lowest BCUT2D eigenvalue weighted by Crippen LogP contribution is -2.48. The van der Waals surface area contributed by atoms with Crippen LogP contribution in [0.4, 0.5) is 5.95 Å². The summed E-state index contributed by atoms with van der Waals surface area (Å²) in [7, 11) is -3.69. The van der Waals surface area contributed by atoms with Crippen molar-refractivity contribution in [3.8, 4) is 11.1 Å². The molecule has 0 amide bonds. The first-order chi connectivity index (χ1) is 16.5. The lowest BCUT2D eigenvalue weighted by molar-refractivity contribution is 0.0436. The Hall–Kier alpha value is -3.34. The van der Waals surface area contributed by atoms with Gasteiger partial charge in [-0.25, -0.2) is 27.9 Å². The van der Waals surface area contributed by atoms with Crippen molar-refractivity contribution in [1.29, 1.82) is 0 Å². The van der Waals surface area contributed by atoms with Crippen molar-refractivity contribution in [3.63, 3.8) is 0 Å². The number of morpholine rings is 1. The molecule has 1 aliphatic heterocycles. The number of sulfonamides is 1. The summed E-state index contributed by atoms with van der Waals surface area (Å²) in [6, 6.07) is 16.5. The maximum absolute atomic E-state index is 12.8. The van der Waals surface area contributed by atoms with Gasteiger partial charge in [0.15, 0.2) is 0 Å². The number of nitrogens with zero attached hydrogens (tertiary/aromatic N) is 3. The number of benzene rings is 2. The van der Waals surface area contributed by atoms with Crippen LogP contribution >= 0.6 is 0 Å². The zero-order valence-corrected chi connectivity index (χ0v) is 19.6. The van der Waals surface area contributed by atoms with Gasteiger partial charge in [-0.2, -0.15) is 0 Å². The van der Waals surface area contributed by atoms with E-state index in [2.05, 4.69) is 14.7 Å². The van der Waals surface area contributed by atoms with Crippen LogP contribution in [0.5, 0.6) is 0 Å². The Labute approximate surface area is 198 Å². The van der Waals surface area contributed by atoms with Gasteiger partial charge in [0.25, 0.3) is 0 Å². The maximum atomic E-state index is 12.8. The van der Waals surface area contributed by atoms with Crippen LogP contribution in [-0.4, -0.2) is 63.3 Å². The van der Waals surface area contributed by atoms with Gasteiger partial charge in [0, 0.05) is 32.0 Å². The first kappa shape index (κ1) is 23.8. The highest BCUT2D eigenvalue weighted by atomic mass is 32.2. The number of aromatic nitrogens is 2. The Bertz CT molecular complexity index is 1200. The number of esters is 1. The molecule has 2 heterocycles. The molecular weight excluding hydrogens is 456 g/mol. The van der Waals surface area contributed by atoms with E-state index in [1.807, 2.05) is 35.2 Å². The predicted octanol–water partition coefficient (Wildman–Crippen LogP) is 2.50. The number of ether oxygens (including phenoxy) is 2. The van der Waals surface area contributed by atoms with Crippen molar-refractivity contribution in [2.24, 2.45) is 0 Å². The lowest BCUT2D eigenvalue weighted by atomic mass is 10.1. The standard InChI is InChI=1S/C24H26N4O5S/c1-2-32-23(29)20-14-25-24(26-15-20)28-12-13-33-21(17-28)16-27-34(30,31)22-10-8-19(9-11-22)18-6-4-3-5-7-18/h3-11,14-15,21,27H,2,12-13,16-17H2,1H3/t21-/m1/s1. The Morgan fingerprint density at radius 2 is 1.76 bits per heavy atom. The van der Waals surface area contributed by atoms with Crippen LogP contribution in [0.15, 0.2) is 71.9 Å². The molecule has 2 aromatic carbocycles. The zero-order valence-electron chi connectivity index (χ0n) is 18.8. The second-order valence-corrected chi connectivity index (χ2v) is 9.44. The van der Waals surface area contributed by atoms with Crippen molar-refractivity contribution in [3.05, 3.63) is 72.6 Å². The predicted molar refractivity (Wildman–Crippen MR) is 127 cm³/mol. The average Bonchev–Trinajstić information content (AvgIpc) is 2.88. The average molecular weight is 483 g/mol. The van der Waals surface area contributed by atoms with Gasteiger partial charge in [-0.1, -0.05) is 42.5 Å². The summed E-state index contributed by atoms with van der Waals surface area (Å²) in [6.45, 7) is 3.49. The van der Waals surface area contributed by atoms with Gasteiger partial charge in [0.05, 0.1) is 29.8 Å². The summed E-state index contributed by atoms with van der Waals surface area (Å²) >= 11 is 0. The van der Waals surface area contributed by atoms with E-state index < -0.39 is 16.0 Å². The van der Waals surface area contributed by atoms with Crippen molar-refractivity contribution in [2.75, 3.05) is 37.7 Å². The van der Waals surface area contributed by atoms with Gasteiger partial charge in [-0.3, -0.25) is 0 Å². The van der Waals surface area contributed by atoms with Crippen LogP contribution in [-0.2, 0) is 19.5 Å². The molecule has 1 atom stereocenters. The molecule has 9 nitrogen and oxygen atoms in total. The van der Waals surface area contributed by atoms with Crippen molar-refractivity contribution in [2.45, 2.75) is 17.9 Å².